The van der Waals surface area contributed by atoms with Crippen LogP contribution >= 0.6 is 0 Å². The molecule has 1 aliphatic rings. The quantitative estimate of drug-likeness (QED) is 0.644. The fraction of sp³-hybridized carbons (Fsp3) is 0.333. The van der Waals surface area contributed by atoms with E-state index in [0.29, 0.717) is 29.5 Å². The van der Waals surface area contributed by atoms with Crippen LogP contribution < -0.4 is 15.4 Å². The minimum absolute atomic E-state index is 0.0738. The van der Waals surface area contributed by atoms with E-state index in [-0.39, 0.29) is 18.4 Å². The van der Waals surface area contributed by atoms with Gasteiger partial charge >= 0.3 is 0 Å². The molecule has 0 unspecified atom stereocenters. The van der Waals surface area contributed by atoms with Crippen molar-refractivity contribution in [2.75, 3.05) is 36.9 Å². The number of carbonyl (C=O) groups excluding carboxylic acids is 2. The molecule has 1 fully saturated rings. The number of carbonyl (C=O) groups is 2. The van der Waals surface area contributed by atoms with Crippen LogP contribution in [-0.2, 0) is 4.79 Å². The summed E-state index contributed by atoms with van der Waals surface area (Å²) in [4.78, 5) is 26.8. The smallest absolute Gasteiger partial charge is 0.253 e. The van der Waals surface area contributed by atoms with Gasteiger partial charge in [-0.15, -0.1) is 0 Å². The maximum Gasteiger partial charge on any atom is 0.253 e. The second-order valence-corrected chi connectivity index (χ2v) is 7.58. The van der Waals surface area contributed by atoms with Crippen molar-refractivity contribution < 1.29 is 14.3 Å². The molecule has 2 N–H and O–H groups in total. The number of rotatable bonds is 8. The second kappa shape index (κ2) is 10.5. The zero-order valence-corrected chi connectivity index (χ0v) is 17.4. The maximum atomic E-state index is 12.6. The Kier molecular flexibility index (Phi) is 7.49. The summed E-state index contributed by atoms with van der Waals surface area (Å²) in [5.41, 5.74) is 2.13. The number of hydrogen-bond donors (Lipinski definition) is 2. The molecule has 0 saturated carbocycles. The molecule has 0 bridgehead atoms. The number of benzene rings is 2. The Bertz CT molecular complexity index is 872. The molecular weight excluding hydrogens is 378 g/mol. The van der Waals surface area contributed by atoms with Gasteiger partial charge in [-0.1, -0.05) is 25.6 Å². The lowest BCUT2D eigenvalue weighted by molar-refractivity contribution is -0.114. The summed E-state index contributed by atoms with van der Waals surface area (Å²) in [6.45, 7) is 8.02. The third-order valence-electron chi connectivity index (χ3n) is 5.14. The van der Waals surface area contributed by atoms with Gasteiger partial charge in [0.1, 0.15) is 12.4 Å². The Labute approximate surface area is 177 Å². The highest BCUT2D eigenvalue weighted by molar-refractivity contribution is 5.95. The van der Waals surface area contributed by atoms with E-state index in [1.54, 1.807) is 30.3 Å². The monoisotopic (exact) mass is 407 g/mol. The number of nitrogens with one attached hydrogen (secondary N) is 2. The van der Waals surface area contributed by atoms with Crippen LogP contribution in [0.3, 0.4) is 0 Å². The maximum absolute atomic E-state index is 12.6. The van der Waals surface area contributed by atoms with Crippen LogP contribution in [0.2, 0.25) is 0 Å². The highest BCUT2D eigenvalue weighted by atomic mass is 16.5. The fourth-order valence-corrected chi connectivity index (χ4v) is 3.33. The van der Waals surface area contributed by atoms with Gasteiger partial charge in [0.05, 0.1) is 6.54 Å². The van der Waals surface area contributed by atoms with E-state index in [2.05, 4.69) is 24.1 Å². The molecule has 2 aromatic carbocycles. The van der Waals surface area contributed by atoms with Gasteiger partial charge in [0.15, 0.2) is 0 Å². The van der Waals surface area contributed by atoms with E-state index in [1.165, 1.54) is 0 Å². The Morgan fingerprint density at radius 3 is 2.57 bits per heavy atom. The summed E-state index contributed by atoms with van der Waals surface area (Å²) < 4.78 is 5.47. The van der Waals surface area contributed by atoms with Crippen molar-refractivity contribution in [3.05, 3.63) is 66.7 Å². The summed E-state index contributed by atoms with van der Waals surface area (Å²) >= 11 is 0. The average molecular weight is 408 g/mol. The van der Waals surface area contributed by atoms with Gasteiger partial charge in [-0.3, -0.25) is 9.59 Å². The first-order valence-electron chi connectivity index (χ1n) is 10.3. The molecule has 30 heavy (non-hydrogen) atoms. The van der Waals surface area contributed by atoms with Crippen molar-refractivity contribution in [3.63, 3.8) is 0 Å². The summed E-state index contributed by atoms with van der Waals surface area (Å²) in [5, 5.41) is 5.92. The third kappa shape index (κ3) is 6.11. The van der Waals surface area contributed by atoms with Crippen molar-refractivity contribution in [1.82, 2.24) is 4.90 Å². The largest absolute Gasteiger partial charge is 0.489 e. The molecule has 0 atom stereocenters. The molecule has 2 aromatic rings. The lowest BCUT2D eigenvalue weighted by Gasteiger charge is -2.30. The third-order valence-corrected chi connectivity index (χ3v) is 5.14. The molecule has 2 amide bonds. The molecule has 1 aliphatic heterocycles. The molecule has 3 rings (SSSR count). The normalized spacial score (nSPS) is 14.1. The van der Waals surface area contributed by atoms with Gasteiger partial charge in [0.2, 0.25) is 5.91 Å². The number of hydrogen-bond acceptors (Lipinski definition) is 4. The highest BCUT2D eigenvalue weighted by Crippen LogP contribution is 2.20. The van der Waals surface area contributed by atoms with Gasteiger partial charge < -0.3 is 20.3 Å². The minimum Gasteiger partial charge on any atom is -0.489 e. The number of ether oxygens (including phenoxy) is 1. The van der Waals surface area contributed by atoms with Gasteiger partial charge in [-0.2, -0.15) is 0 Å². The first kappa shape index (κ1) is 21.4. The van der Waals surface area contributed by atoms with Crippen LogP contribution in [0.4, 0.5) is 11.4 Å². The molecule has 1 heterocycles. The van der Waals surface area contributed by atoms with Gasteiger partial charge in [0, 0.05) is 36.1 Å². The molecule has 0 aromatic heterocycles. The van der Waals surface area contributed by atoms with E-state index in [1.807, 2.05) is 29.2 Å². The number of anilines is 2. The van der Waals surface area contributed by atoms with Gasteiger partial charge in [-0.05, 0) is 55.2 Å². The number of piperidine rings is 1. The average Bonchev–Trinajstić information content (AvgIpc) is 2.77. The molecule has 0 spiro atoms. The molecule has 0 radical (unpaired) electrons. The van der Waals surface area contributed by atoms with Crippen LogP contribution in [0.1, 0.15) is 30.1 Å². The molecule has 1 saturated heterocycles. The SMILES string of the molecule is C=CCOc1cccc(NC(=O)CNc2ccc(C(=O)N3CCC(C)CC3)cc2)c1. The second-order valence-electron chi connectivity index (χ2n) is 7.58. The summed E-state index contributed by atoms with van der Waals surface area (Å²) in [5.74, 6) is 1.27. The molecule has 6 heteroatoms. The van der Waals surface area contributed by atoms with E-state index < -0.39 is 0 Å². The number of amides is 2. The Morgan fingerprint density at radius 2 is 1.87 bits per heavy atom. The van der Waals surface area contributed by atoms with Gasteiger partial charge in [0.25, 0.3) is 5.91 Å². The molecular formula is C24H29N3O3. The Hall–Kier alpha value is -3.28. The lowest BCUT2D eigenvalue weighted by Crippen LogP contribution is -2.37. The van der Waals surface area contributed by atoms with Crippen LogP contribution in [-0.4, -0.2) is 43.0 Å². The van der Waals surface area contributed by atoms with Crippen LogP contribution in [0.15, 0.2) is 61.2 Å². The van der Waals surface area contributed by atoms with Crippen molar-refractivity contribution in [3.8, 4) is 5.75 Å². The zero-order chi connectivity index (χ0) is 21.3. The molecule has 6 nitrogen and oxygen atoms in total. The van der Waals surface area contributed by atoms with E-state index in [9.17, 15) is 9.59 Å². The lowest BCUT2D eigenvalue weighted by atomic mass is 9.98. The van der Waals surface area contributed by atoms with Crippen molar-refractivity contribution in [2.24, 2.45) is 5.92 Å². The van der Waals surface area contributed by atoms with Crippen LogP contribution in [0.25, 0.3) is 0 Å². The summed E-state index contributed by atoms with van der Waals surface area (Å²) in [6.07, 6.45) is 3.79. The van der Waals surface area contributed by atoms with Crippen LogP contribution in [0.5, 0.6) is 5.75 Å². The molecule has 158 valence electrons. The van der Waals surface area contributed by atoms with Crippen molar-refractivity contribution in [2.45, 2.75) is 19.8 Å². The van der Waals surface area contributed by atoms with Gasteiger partial charge in [-0.25, -0.2) is 0 Å². The first-order chi connectivity index (χ1) is 14.5. The zero-order valence-electron chi connectivity index (χ0n) is 17.4. The fourth-order valence-electron chi connectivity index (χ4n) is 3.33. The summed E-state index contributed by atoms with van der Waals surface area (Å²) in [7, 11) is 0. The van der Waals surface area contributed by atoms with Crippen molar-refractivity contribution in [1.29, 1.82) is 0 Å². The predicted octanol–water partition coefficient (Wildman–Crippen LogP) is 4.17. The highest BCUT2D eigenvalue weighted by Gasteiger charge is 2.21. The Morgan fingerprint density at radius 1 is 1.13 bits per heavy atom. The predicted molar refractivity (Wildman–Crippen MR) is 120 cm³/mol. The van der Waals surface area contributed by atoms with Crippen molar-refractivity contribution >= 4 is 23.2 Å². The summed E-state index contributed by atoms with van der Waals surface area (Å²) in [6, 6.07) is 14.5. The van der Waals surface area contributed by atoms with E-state index in [4.69, 9.17) is 4.74 Å². The van der Waals surface area contributed by atoms with Crippen LogP contribution in [0, 0.1) is 5.92 Å². The first-order valence-corrected chi connectivity index (χ1v) is 10.3. The number of nitrogens with zero attached hydrogens (tertiary/aromatic N) is 1. The number of likely N-dealkylation sites (tertiary alicyclic amines) is 1. The molecule has 0 aliphatic carbocycles. The van der Waals surface area contributed by atoms with E-state index in [0.717, 1.165) is 31.6 Å². The topological polar surface area (TPSA) is 70.7 Å². The minimum atomic E-state index is -0.168. The van der Waals surface area contributed by atoms with E-state index >= 15 is 0 Å². The Balaban J connectivity index is 1.48. The standard InChI is InChI=1S/C24H29N3O3/c1-3-15-30-22-6-4-5-21(16-22)26-23(28)17-25-20-9-7-19(8-10-20)24(29)27-13-11-18(2)12-14-27/h3-10,16,18,25H,1,11-15,17H2,2H3,(H,26,28).